The SMILES string of the molecule is Cc1cc(C(N)CCO)cs1. The lowest BCUT2D eigenvalue weighted by Gasteiger charge is -2.05. The summed E-state index contributed by atoms with van der Waals surface area (Å²) in [6.07, 6.45) is 0.649. The Morgan fingerprint density at radius 1 is 1.73 bits per heavy atom. The van der Waals surface area contributed by atoms with Crippen LogP contribution in [0.1, 0.15) is 22.9 Å². The number of nitrogens with two attached hydrogens (primary N) is 1. The second kappa shape index (κ2) is 3.85. The van der Waals surface area contributed by atoms with Crippen LogP contribution in [0.2, 0.25) is 0 Å². The summed E-state index contributed by atoms with van der Waals surface area (Å²) < 4.78 is 0. The first-order valence-corrected chi connectivity index (χ1v) is 4.53. The zero-order chi connectivity index (χ0) is 8.27. The van der Waals surface area contributed by atoms with Crippen LogP contribution in [0.15, 0.2) is 11.4 Å². The van der Waals surface area contributed by atoms with Crippen LogP contribution in [0.5, 0.6) is 0 Å². The molecule has 0 spiro atoms. The molecule has 0 saturated carbocycles. The molecule has 0 fully saturated rings. The summed E-state index contributed by atoms with van der Waals surface area (Å²) in [5, 5.41) is 10.7. The minimum Gasteiger partial charge on any atom is -0.396 e. The molecule has 62 valence electrons. The molecule has 1 unspecified atom stereocenters. The molecule has 1 rings (SSSR count). The molecule has 0 radical (unpaired) electrons. The van der Waals surface area contributed by atoms with Crippen molar-refractivity contribution < 1.29 is 5.11 Å². The Kier molecular flexibility index (Phi) is 3.05. The van der Waals surface area contributed by atoms with E-state index in [1.54, 1.807) is 11.3 Å². The standard InChI is InChI=1S/C8H13NOS/c1-6-4-7(5-11-6)8(9)2-3-10/h4-5,8,10H,2-3,9H2,1H3. The lowest BCUT2D eigenvalue weighted by molar-refractivity contribution is 0.276. The van der Waals surface area contributed by atoms with Gasteiger partial charge in [-0.05, 0) is 30.4 Å². The highest BCUT2D eigenvalue weighted by Gasteiger charge is 2.05. The maximum atomic E-state index is 8.63. The van der Waals surface area contributed by atoms with Gasteiger partial charge < -0.3 is 10.8 Å². The first-order chi connectivity index (χ1) is 5.24. The van der Waals surface area contributed by atoms with Crippen molar-refractivity contribution in [3.05, 3.63) is 21.9 Å². The van der Waals surface area contributed by atoms with E-state index in [2.05, 4.69) is 18.4 Å². The van der Waals surface area contributed by atoms with Gasteiger partial charge in [0, 0.05) is 17.5 Å². The van der Waals surface area contributed by atoms with Crippen LogP contribution in [0.25, 0.3) is 0 Å². The topological polar surface area (TPSA) is 46.2 Å². The molecule has 2 nitrogen and oxygen atoms in total. The van der Waals surface area contributed by atoms with Crippen LogP contribution in [-0.4, -0.2) is 11.7 Å². The van der Waals surface area contributed by atoms with E-state index in [9.17, 15) is 0 Å². The highest BCUT2D eigenvalue weighted by atomic mass is 32.1. The van der Waals surface area contributed by atoms with Gasteiger partial charge in [-0.2, -0.15) is 0 Å². The fourth-order valence-corrected chi connectivity index (χ4v) is 1.73. The molecule has 1 aromatic rings. The molecule has 0 saturated heterocycles. The van der Waals surface area contributed by atoms with Gasteiger partial charge in [-0.15, -0.1) is 11.3 Å². The molecule has 0 aliphatic rings. The molecule has 11 heavy (non-hydrogen) atoms. The Bertz CT molecular complexity index is 222. The summed E-state index contributed by atoms with van der Waals surface area (Å²) in [6, 6.07) is 2.08. The number of hydrogen-bond donors (Lipinski definition) is 2. The third-order valence-electron chi connectivity index (χ3n) is 1.62. The molecular weight excluding hydrogens is 158 g/mol. The van der Waals surface area contributed by atoms with E-state index in [1.165, 1.54) is 4.88 Å². The van der Waals surface area contributed by atoms with Crippen LogP contribution in [0.3, 0.4) is 0 Å². The van der Waals surface area contributed by atoms with Crippen LogP contribution < -0.4 is 5.73 Å². The van der Waals surface area contributed by atoms with Crippen molar-refractivity contribution in [1.29, 1.82) is 0 Å². The summed E-state index contributed by atoms with van der Waals surface area (Å²) >= 11 is 1.70. The first kappa shape index (κ1) is 8.71. The minimum atomic E-state index is 0.00458. The van der Waals surface area contributed by atoms with Gasteiger partial charge in [0.25, 0.3) is 0 Å². The Hall–Kier alpha value is -0.380. The van der Waals surface area contributed by atoms with Crippen molar-refractivity contribution in [2.45, 2.75) is 19.4 Å². The lowest BCUT2D eigenvalue weighted by atomic mass is 10.1. The predicted octanol–water partition coefficient (Wildman–Crippen LogP) is 1.44. The highest BCUT2D eigenvalue weighted by molar-refractivity contribution is 7.10. The largest absolute Gasteiger partial charge is 0.396 e. The van der Waals surface area contributed by atoms with Gasteiger partial charge in [-0.1, -0.05) is 0 Å². The molecule has 0 amide bonds. The predicted molar refractivity (Wildman–Crippen MR) is 47.7 cm³/mol. The van der Waals surface area contributed by atoms with Gasteiger partial charge in [0.15, 0.2) is 0 Å². The average Bonchev–Trinajstić information content (AvgIpc) is 2.36. The smallest absolute Gasteiger partial charge is 0.0449 e. The van der Waals surface area contributed by atoms with E-state index in [1.807, 2.05) is 0 Å². The molecule has 3 N–H and O–H groups in total. The van der Waals surface area contributed by atoms with Gasteiger partial charge in [0.1, 0.15) is 0 Å². The fourth-order valence-electron chi connectivity index (χ4n) is 0.964. The third kappa shape index (κ3) is 2.29. The summed E-state index contributed by atoms with van der Waals surface area (Å²) in [7, 11) is 0. The number of rotatable bonds is 3. The van der Waals surface area contributed by atoms with Crippen LogP contribution in [-0.2, 0) is 0 Å². The van der Waals surface area contributed by atoms with E-state index < -0.39 is 0 Å². The van der Waals surface area contributed by atoms with Gasteiger partial charge >= 0.3 is 0 Å². The zero-order valence-electron chi connectivity index (χ0n) is 6.58. The van der Waals surface area contributed by atoms with E-state index >= 15 is 0 Å². The molecule has 1 atom stereocenters. The van der Waals surface area contributed by atoms with Gasteiger partial charge in [-0.25, -0.2) is 0 Å². The maximum Gasteiger partial charge on any atom is 0.0449 e. The van der Waals surface area contributed by atoms with E-state index in [0.29, 0.717) is 6.42 Å². The number of aliphatic hydroxyl groups is 1. The van der Waals surface area contributed by atoms with E-state index in [4.69, 9.17) is 10.8 Å². The van der Waals surface area contributed by atoms with Crippen LogP contribution in [0.4, 0.5) is 0 Å². The number of aliphatic hydroxyl groups excluding tert-OH is 1. The molecule has 3 heteroatoms. The van der Waals surface area contributed by atoms with Crippen molar-refractivity contribution >= 4 is 11.3 Å². The van der Waals surface area contributed by atoms with Gasteiger partial charge in [0.2, 0.25) is 0 Å². The highest BCUT2D eigenvalue weighted by Crippen LogP contribution is 2.20. The van der Waals surface area contributed by atoms with Crippen molar-refractivity contribution in [3.8, 4) is 0 Å². The molecular formula is C8H13NOS. The quantitative estimate of drug-likeness (QED) is 0.723. The maximum absolute atomic E-state index is 8.63. The van der Waals surface area contributed by atoms with Crippen LogP contribution in [0, 0.1) is 6.92 Å². The third-order valence-corrected chi connectivity index (χ3v) is 2.50. The normalized spacial score (nSPS) is 13.4. The Morgan fingerprint density at radius 2 is 2.45 bits per heavy atom. The second-order valence-electron chi connectivity index (χ2n) is 2.61. The Labute approximate surface area is 70.7 Å². The van der Waals surface area contributed by atoms with Gasteiger partial charge in [0.05, 0.1) is 0 Å². The molecule has 0 aromatic carbocycles. The van der Waals surface area contributed by atoms with Crippen molar-refractivity contribution in [2.24, 2.45) is 5.73 Å². The first-order valence-electron chi connectivity index (χ1n) is 3.65. The molecule has 0 aliphatic carbocycles. The van der Waals surface area contributed by atoms with E-state index in [-0.39, 0.29) is 12.6 Å². The molecule has 1 heterocycles. The molecule has 1 aromatic heterocycles. The summed E-state index contributed by atoms with van der Waals surface area (Å²) in [6.45, 7) is 2.22. The number of thiophene rings is 1. The van der Waals surface area contributed by atoms with Crippen molar-refractivity contribution in [2.75, 3.05) is 6.61 Å². The monoisotopic (exact) mass is 171 g/mol. The summed E-state index contributed by atoms with van der Waals surface area (Å²) in [4.78, 5) is 1.27. The molecule has 0 aliphatic heterocycles. The van der Waals surface area contributed by atoms with Crippen LogP contribution >= 0.6 is 11.3 Å². The minimum absolute atomic E-state index is 0.00458. The second-order valence-corrected chi connectivity index (χ2v) is 3.72. The summed E-state index contributed by atoms with van der Waals surface area (Å²) in [5.74, 6) is 0. The number of hydrogen-bond acceptors (Lipinski definition) is 3. The van der Waals surface area contributed by atoms with Gasteiger partial charge in [-0.3, -0.25) is 0 Å². The number of aryl methyl sites for hydroxylation is 1. The van der Waals surface area contributed by atoms with Crippen molar-refractivity contribution in [1.82, 2.24) is 0 Å². The Morgan fingerprint density at radius 3 is 2.91 bits per heavy atom. The van der Waals surface area contributed by atoms with Crippen molar-refractivity contribution in [3.63, 3.8) is 0 Å². The Balaban J connectivity index is 2.60. The fraction of sp³-hybridized carbons (Fsp3) is 0.500. The van der Waals surface area contributed by atoms with E-state index in [0.717, 1.165) is 5.56 Å². The average molecular weight is 171 g/mol. The molecule has 0 bridgehead atoms. The lowest BCUT2D eigenvalue weighted by Crippen LogP contribution is -2.10. The summed E-state index contributed by atoms with van der Waals surface area (Å²) in [5.41, 5.74) is 6.91. The zero-order valence-corrected chi connectivity index (χ0v) is 7.40.